The van der Waals surface area contributed by atoms with Gasteiger partial charge in [0, 0.05) is 36.5 Å². The maximum atomic E-state index is 12.4. The number of aryl methyl sites for hydroxylation is 1. The first-order valence-electron chi connectivity index (χ1n) is 7.87. The van der Waals surface area contributed by atoms with Gasteiger partial charge < -0.3 is 10.2 Å². The van der Waals surface area contributed by atoms with Gasteiger partial charge in [-0.15, -0.1) is 0 Å². The van der Waals surface area contributed by atoms with Gasteiger partial charge in [-0.2, -0.15) is 0 Å². The van der Waals surface area contributed by atoms with Crippen molar-refractivity contribution in [1.29, 1.82) is 0 Å². The maximum absolute atomic E-state index is 12.4. The molecule has 1 aliphatic heterocycles. The molecule has 2 aromatic carbocycles. The van der Waals surface area contributed by atoms with Crippen LogP contribution in [0.25, 0.3) is 0 Å². The Balaban J connectivity index is 1.72. The van der Waals surface area contributed by atoms with Crippen molar-refractivity contribution < 1.29 is 14.5 Å². The number of amides is 2. The lowest BCUT2D eigenvalue weighted by molar-refractivity contribution is -0.384. The Bertz CT molecular complexity index is 850. The molecule has 7 heteroatoms. The molecule has 0 aliphatic carbocycles. The summed E-state index contributed by atoms with van der Waals surface area (Å²) in [4.78, 5) is 36.6. The summed E-state index contributed by atoms with van der Waals surface area (Å²) in [6.07, 6.45) is 0.120. The zero-order chi connectivity index (χ0) is 18.0. The van der Waals surface area contributed by atoms with Crippen LogP contribution in [0.3, 0.4) is 0 Å². The molecule has 1 N–H and O–H groups in total. The summed E-state index contributed by atoms with van der Waals surface area (Å²) in [5.41, 5.74) is 2.02. The summed E-state index contributed by atoms with van der Waals surface area (Å²) in [5, 5.41) is 13.5. The predicted molar refractivity (Wildman–Crippen MR) is 93.4 cm³/mol. The van der Waals surface area contributed by atoms with Gasteiger partial charge in [-0.1, -0.05) is 24.3 Å². The Kier molecular flexibility index (Phi) is 4.47. The molecule has 128 valence electrons. The number of nitro groups is 1. The molecular formula is C18H17N3O4. The van der Waals surface area contributed by atoms with E-state index in [0.29, 0.717) is 12.2 Å². The number of para-hydroxylation sites is 1. The van der Waals surface area contributed by atoms with Crippen molar-refractivity contribution >= 4 is 28.9 Å². The monoisotopic (exact) mass is 339 g/mol. The van der Waals surface area contributed by atoms with E-state index >= 15 is 0 Å². The van der Waals surface area contributed by atoms with Crippen LogP contribution in [0.4, 0.5) is 17.1 Å². The van der Waals surface area contributed by atoms with Gasteiger partial charge in [0.2, 0.25) is 11.8 Å². The van der Waals surface area contributed by atoms with Crippen LogP contribution in [-0.4, -0.2) is 23.3 Å². The largest absolute Gasteiger partial charge is 0.326 e. The zero-order valence-corrected chi connectivity index (χ0v) is 13.6. The van der Waals surface area contributed by atoms with Crippen molar-refractivity contribution in [2.75, 3.05) is 16.8 Å². The molecule has 1 heterocycles. The minimum atomic E-state index is -0.519. The number of hydrogen-bond acceptors (Lipinski definition) is 4. The van der Waals surface area contributed by atoms with E-state index in [9.17, 15) is 19.7 Å². The summed E-state index contributed by atoms with van der Waals surface area (Å²) in [6.45, 7) is 2.21. The number of non-ortho nitro benzene ring substituents is 1. The lowest BCUT2D eigenvalue weighted by atomic mass is 10.1. The second kappa shape index (κ2) is 6.72. The zero-order valence-electron chi connectivity index (χ0n) is 13.6. The molecule has 7 nitrogen and oxygen atoms in total. The number of nitro benzene ring substituents is 1. The molecule has 1 fully saturated rings. The second-order valence-corrected chi connectivity index (χ2v) is 5.99. The Morgan fingerprint density at radius 1 is 1.24 bits per heavy atom. The first-order valence-corrected chi connectivity index (χ1v) is 7.87. The highest BCUT2D eigenvalue weighted by Gasteiger charge is 2.35. The van der Waals surface area contributed by atoms with Crippen molar-refractivity contribution in [1.82, 2.24) is 0 Å². The number of carbonyl (C=O) groups excluding carboxylic acids is 2. The molecular weight excluding hydrogens is 322 g/mol. The third-order valence-corrected chi connectivity index (χ3v) is 4.23. The van der Waals surface area contributed by atoms with E-state index in [2.05, 4.69) is 5.32 Å². The van der Waals surface area contributed by atoms with Gasteiger partial charge in [-0.25, -0.2) is 0 Å². The minimum absolute atomic E-state index is 0.0955. The van der Waals surface area contributed by atoms with Crippen LogP contribution in [0.15, 0.2) is 48.5 Å². The van der Waals surface area contributed by atoms with Crippen molar-refractivity contribution in [3.63, 3.8) is 0 Å². The van der Waals surface area contributed by atoms with Gasteiger partial charge in [-0.3, -0.25) is 19.7 Å². The van der Waals surface area contributed by atoms with Crippen LogP contribution < -0.4 is 10.2 Å². The van der Waals surface area contributed by atoms with Gasteiger partial charge in [0.15, 0.2) is 0 Å². The summed E-state index contributed by atoms with van der Waals surface area (Å²) >= 11 is 0. The number of benzene rings is 2. The van der Waals surface area contributed by atoms with Gasteiger partial charge in [0.1, 0.15) is 0 Å². The first-order chi connectivity index (χ1) is 12.0. The third-order valence-electron chi connectivity index (χ3n) is 4.23. The fraction of sp³-hybridized carbons (Fsp3) is 0.222. The van der Waals surface area contributed by atoms with Crippen LogP contribution in [-0.2, 0) is 9.59 Å². The topological polar surface area (TPSA) is 92.6 Å². The van der Waals surface area contributed by atoms with E-state index in [1.807, 2.05) is 31.2 Å². The molecule has 25 heavy (non-hydrogen) atoms. The highest BCUT2D eigenvalue weighted by atomic mass is 16.6. The molecule has 2 aromatic rings. The molecule has 0 aromatic heterocycles. The number of hydrogen-bond donors (Lipinski definition) is 1. The average molecular weight is 339 g/mol. The lowest BCUT2D eigenvalue weighted by Gasteiger charge is -2.18. The van der Waals surface area contributed by atoms with Crippen LogP contribution in [0.5, 0.6) is 0 Å². The molecule has 0 bridgehead atoms. The fourth-order valence-electron chi connectivity index (χ4n) is 2.92. The normalized spacial score (nSPS) is 16.8. The van der Waals surface area contributed by atoms with Gasteiger partial charge >= 0.3 is 0 Å². The average Bonchev–Trinajstić information content (AvgIpc) is 2.97. The quantitative estimate of drug-likeness (QED) is 0.685. The van der Waals surface area contributed by atoms with E-state index in [1.54, 1.807) is 11.0 Å². The highest BCUT2D eigenvalue weighted by molar-refractivity contribution is 6.03. The van der Waals surface area contributed by atoms with E-state index in [0.717, 1.165) is 11.3 Å². The minimum Gasteiger partial charge on any atom is -0.326 e. The Labute approximate surface area is 144 Å². The standard InChI is InChI=1S/C18H17N3O4/c1-12-5-2-3-8-16(12)20-11-13(9-17(20)22)18(23)19-14-6-4-7-15(10-14)21(24)25/h2-8,10,13H,9,11H2,1H3,(H,19,23). The summed E-state index contributed by atoms with van der Waals surface area (Å²) in [6, 6.07) is 13.3. The molecule has 1 saturated heterocycles. The van der Waals surface area contributed by atoms with Gasteiger partial charge in [0.05, 0.1) is 10.8 Å². The number of carbonyl (C=O) groups is 2. The Hall–Kier alpha value is -3.22. The molecule has 2 amide bonds. The number of rotatable bonds is 4. The van der Waals surface area contributed by atoms with Crippen molar-refractivity contribution in [3.8, 4) is 0 Å². The Morgan fingerprint density at radius 2 is 2.00 bits per heavy atom. The summed E-state index contributed by atoms with van der Waals surface area (Å²) < 4.78 is 0. The fourth-order valence-corrected chi connectivity index (χ4v) is 2.92. The molecule has 0 radical (unpaired) electrons. The molecule has 1 unspecified atom stereocenters. The first kappa shape index (κ1) is 16.6. The van der Waals surface area contributed by atoms with Crippen LogP contribution in [0, 0.1) is 23.0 Å². The second-order valence-electron chi connectivity index (χ2n) is 5.99. The number of nitrogens with zero attached hydrogens (tertiary/aromatic N) is 2. The van der Waals surface area contributed by atoms with Gasteiger partial charge in [0.25, 0.3) is 5.69 Å². The lowest BCUT2D eigenvalue weighted by Crippen LogP contribution is -2.28. The van der Waals surface area contributed by atoms with Crippen LogP contribution in [0.1, 0.15) is 12.0 Å². The maximum Gasteiger partial charge on any atom is 0.271 e. The third kappa shape index (κ3) is 3.50. The SMILES string of the molecule is Cc1ccccc1N1CC(C(=O)Nc2cccc([N+](=O)[O-])c2)CC1=O. The van der Waals surface area contributed by atoms with Crippen LogP contribution >= 0.6 is 0 Å². The number of nitrogens with one attached hydrogen (secondary N) is 1. The van der Waals surface area contributed by atoms with Crippen LogP contribution in [0.2, 0.25) is 0 Å². The van der Waals surface area contributed by atoms with Crippen molar-refractivity contribution in [3.05, 3.63) is 64.2 Å². The molecule has 0 saturated carbocycles. The molecule has 1 aliphatic rings. The van der Waals surface area contributed by atoms with E-state index < -0.39 is 10.8 Å². The van der Waals surface area contributed by atoms with E-state index in [1.165, 1.54) is 18.2 Å². The van der Waals surface area contributed by atoms with Crippen molar-refractivity contribution in [2.45, 2.75) is 13.3 Å². The molecule has 0 spiro atoms. The summed E-state index contributed by atoms with van der Waals surface area (Å²) in [7, 11) is 0. The predicted octanol–water partition coefficient (Wildman–Crippen LogP) is 2.89. The molecule has 1 atom stereocenters. The van der Waals surface area contributed by atoms with Crippen molar-refractivity contribution in [2.24, 2.45) is 5.92 Å². The molecule has 3 rings (SSSR count). The van der Waals surface area contributed by atoms with E-state index in [4.69, 9.17) is 0 Å². The highest BCUT2D eigenvalue weighted by Crippen LogP contribution is 2.28. The Morgan fingerprint density at radius 3 is 2.72 bits per heavy atom. The smallest absolute Gasteiger partial charge is 0.271 e. The van der Waals surface area contributed by atoms with Gasteiger partial charge in [-0.05, 0) is 24.6 Å². The van der Waals surface area contributed by atoms with E-state index in [-0.39, 0.29) is 23.9 Å². The summed E-state index contributed by atoms with van der Waals surface area (Å²) in [5.74, 6) is -0.912. The number of anilines is 2.